The maximum Gasteiger partial charge on any atom is 0.263 e. The number of thiophene rings is 1. The lowest BCUT2D eigenvalue weighted by atomic mass is 10.1. The highest BCUT2D eigenvalue weighted by atomic mass is 32.1. The van der Waals surface area contributed by atoms with Crippen molar-refractivity contribution in [3.05, 3.63) is 28.6 Å². The van der Waals surface area contributed by atoms with Crippen LogP contribution in [0.15, 0.2) is 18.2 Å². The lowest BCUT2D eigenvalue weighted by Gasteiger charge is -2.04. The van der Waals surface area contributed by atoms with Gasteiger partial charge in [0, 0.05) is 29.8 Å². The predicted octanol–water partition coefficient (Wildman–Crippen LogP) is 2.95. The Morgan fingerprint density at radius 1 is 1.45 bits per heavy atom. The zero-order valence-corrected chi connectivity index (χ0v) is 12.7. The molecule has 5 heteroatoms. The Hall–Kier alpha value is -1.59. The Kier molecular flexibility index (Phi) is 4.98. The number of hydrogen-bond donors (Lipinski definition) is 2. The summed E-state index contributed by atoms with van der Waals surface area (Å²) in [4.78, 5) is 12.8. The van der Waals surface area contributed by atoms with Gasteiger partial charge in [-0.15, -0.1) is 11.3 Å². The summed E-state index contributed by atoms with van der Waals surface area (Å²) in [5.41, 5.74) is 7.81. The first-order valence-corrected chi connectivity index (χ1v) is 7.60. The molecule has 0 saturated heterocycles. The average molecular weight is 292 g/mol. The van der Waals surface area contributed by atoms with Crippen molar-refractivity contribution >= 4 is 33.0 Å². The van der Waals surface area contributed by atoms with Crippen LogP contribution in [-0.2, 0) is 4.74 Å². The molecule has 108 valence electrons. The van der Waals surface area contributed by atoms with Gasteiger partial charge in [0.05, 0.1) is 5.69 Å². The van der Waals surface area contributed by atoms with E-state index in [0.29, 0.717) is 30.3 Å². The van der Waals surface area contributed by atoms with Gasteiger partial charge in [-0.2, -0.15) is 0 Å². The number of aryl methyl sites for hydroxylation is 1. The fourth-order valence-electron chi connectivity index (χ4n) is 2.05. The van der Waals surface area contributed by atoms with Crippen molar-refractivity contribution in [3.63, 3.8) is 0 Å². The highest BCUT2D eigenvalue weighted by Gasteiger charge is 2.16. The van der Waals surface area contributed by atoms with Gasteiger partial charge in [0.15, 0.2) is 0 Å². The van der Waals surface area contributed by atoms with Gasteiger partial charge in [0.1, 0.15) is 4.88 Å². The van der Waals surface area contributed by atoms with Crippen molar-refractivity contribution in [3.8, 4) is 0 Å². The fraction of sp³-hybridized carbons (Fsp3) is 0.400. The lowest BCUT2D eigenvalue weighted by Crippen LogP contribution is -2.25. The molecular formula is C15H20N2O2S. The number of fused-ring (bicyclic) bond motifs is 1. The summed E-state index contributed by atoms with van der Waals surface area (Å²) in [7, 11) is 0. The van der Waals surface area contributed by atoms with Crippen molar-refractivity contribution in [2.45, 2.75) is 20.3 Å². The third-order valence-electron chi connectivity index (χ3n) is 3.11. The van der Waals surface area contributed by atoms with Crippen LogP contribution in [0.5, 0.6) is 0 Å². The summed E-state index contributed by atoms with van der Waals surface area (Å²) >= 11 is 1.46. The van der Waals surface area contributed by atoms with Gasteiger partial charge < -0.3 is 15.8 Å². The van der Waals surface area contributed by atoms with Crippen molar-refractivity contribution in [2.24, 2.45) is 0 Å². The molecule has 2 aromatic rings. The van der Waals surface area contributed by atoms with Gasteiger partial charge in [-0.1, -0.05) is 18.2 Å². The van der Waals surface area contributed by atoms with E-state index in [0.717, 1.165) is 22.1 Å². The number of amides is 1. The summed E-state index contributed by atoms with van der Waals surface area (Å²) in [6.07, 6.45) is 0.809. The number of benzene rings is 1. The number of rotatable bonds is 6. The molecule has 1 aromatic heterocycles. The van der Waals surface area contributed by atoms with Gasteiger partial charge in [-0.05, 0) is 25.8 Å². The molecule has 1 aromatic carbocycles. The van der Waals surface area contributed by atoms with E-state index in [9.17, 15) is 4.79 Å². The third-order valence-corrected chi connectivity index (χ3v) is 4.47. The third kappa shape index (κ3) is 3.11. The monoisotopic (exact) mass is 292 g/mol. The predicted molar refractivity (Wildman–Crippen MR) is 84.4 cm³/mol. The summed E-state index contributed by atoms with van der Waals surface area (Å²) < 4.78 is 6.32. The van der Waals surface area contributed by atoms with E-state index < -0.39 is 0 Å². The molecule has 0 unspecified atom stereocenters. The molecule has 0 spiro atoms. The average Bonchev–Trinajstić information content (AvgIpc) is 2.78. The van der Waals surface area contributed by atoms with Crippen LogP contribution in [0.25, 0.3) is 10.1 Å². The molecule has 0 fully saturated rings. The zero-order chi connectivity index (χ0) is 14.5. The molecule has 1 amide bonds. The van der Waals surface area contributed by atoms with Gasteiger partial charge >= 0.3 is 0 Å². The molecule has 3 N–H and O–H groups in total. The second-order valence-electron chi connectivity index (χ2n) is 4.60. The largest absolute Gasteiger partial charge is 0.397 e. The molecule has 0 saturated carbocycles. The number of nitrogen functional groups attached to an aromatic ring is 1. The van der Waals surface area contributed by atoms with Crippen molar-refractivity contribution in [1.29, 1.82) is 0 Å². The van der Waals surface area contributed by atoms with E-state index >= 15 is 0 Å². The fourth-order valence-corrected chi connectivity index (χ4v) is 3.15. The number of carbonyl (C=O) groups is 1. The highest BCUT2D eigenvalue weighted by molar-refractivity contribution is 7.21. The second-order valence-corrected chi connectivity index (χ2v) is 5.62. The zero-order valence-electron chi connectivity index (χ0n) is 11.9. The van der Waals surface area contributed by atoms with Crippen LogP contribution in [0.1, 0.15) is 28.6 Å². The van der Waals surface area contributed by atoms with Crippen LogP contribution in [0, 0.1) is 6.92 Å². The van der Waals surface area contributed by atoms with E-state index in [1.165, 1.54) is 11.3 Å². The van der Waals surface area contributed by atoms with E-state index in [-0.39, 0.29) is 5.91 Å². The highest BCUT2D eigenvalue weighted by Crippen LogP contribution is 2.35. The normalized spacial score (nSPS) is 10.9. The molecule has 2 rings (SSSR count). The molecule has 0 aliphatic rings. The molecule has 4 nitrogen and oxygen atoms in total. The SMILES string of the molecule is CCOCCCNC(=O)c1sc2c(C)cccc2c1N. The summed E-state index contributed by atoms with van der Waals surface area (Å²) in [6, 6.07) is 5.95. The van der Waals surface area contributed by atoms with Crippen LogP contribution < -0.4 is 11.1 Å². The summed E-state index contributed by atoms with van der Waals surface area (Å²) in [5.74, 6) is -0.0976. The van der Waals surface area contributed by atoms with Gasteiger partial charge in [-0.3, -0.25) is 4.79 Å². The van der Waals surface area contributed by atoms with Crippen molar-refractivity contribution in [1.82, 2.24) is 5.32 Å². The molecule has 0 aliphatic carbocycles. The van der Waals surface area contributed by atoms with E-state index in [1.54, 1.807) is 0 Å². The van der Waals surface area contributed by atoms with E-state index in [4.69, 9.17) is 10.5 Å². The standard InChI is InChI=1S/C15H20N2O2S/c1-3-19-9-5-8-17-15(18)14-12(16)11-7-4-6-10(2)13(11)20-14/h4,6-7H,3,5,8-9,16H2,1-2H3,(H,17,18). The van der Waals surface area contributed by atoms with Crippen LogP contribution in [0.2, 0.25) is 0 Å². The number of carbonyl (C=O) groups excluding carboxylic acids is 1. The Balaban J connectivity index is 2.07. The Morgan fingerprint density at radius 3 is 2.95 bits per heavy atom. The quantitative estimate of drug-likeness (QED) is 0.805. The molecule has 1 heterocycles. The minimum Gasteiger partial charge on any atom is -0.397 e. The first kappa shape index (κ1) is 14.8. The minimum absolute atomic E-state index is 0.0976. The van der Waals surface area contributed by atoms with E-state index in [2.05, 4.69) is 5.32 Å². The number of anilines is 1. The first-order valence-electron chi connectivity index (χ1n) is 6.78. The van der Waals surface area contributed by atoms with Crippen molar-refractivity contribution < 1.29 is 9.53 Å². The van der Waals surface area contributed by atoms with Crippen LogP contribution in [0.3, 0.4) is 0 Å². The van der Waals surface area contributed by atoms with E-state index in [1.807, 2.05) is 32.0 Å². The first-order chi connectivity index (χ1) is 9.65. The summed E-state index contributed by atoms with van der Waals surface area (Å²) in [5, 5.41) is 3.86. The molecule has 0 bridgehead atoms. The molecule has 0 radical (unpaired) electrons. The Labute approximate surface area is 122 Å². The molecular weight excluding hydrogens is 272 g/mol. The molecule has 0 atom stereocenters. The molecule has 0 aliphatic heterocycles. The van der Waals surface area contributed by atoms with Gasteiger partial charge in [0.25, 0.3) is 5.91 Å². The smallest absolute Gasteiger partial charge is 0.263 e. The number of hydrogen-bond acceptors (Lipinski definition) is 4. The van der Waals surface area contributed by atoms with Gasteiger partial charge in [-0.25, -0.2) is 0 Å². The van der Waals surface area contributed by atoms with Crippen LogP contribution in [0.4, 0.5) is 5.69 Å². The minimum atomic E-state index is -0.0976. The van der Waals surface area contributed by atoms with Crippen LogP contribution in [-0.4, -0.2) is 25.7 Å². The Bertz CT molecular complexity index is 607. The topological polar surface area (TPSA) is 64.3 Å². The second kappa shape index (κ2) is 6.72. The number of ether oxygens (including phenoxy) is 1. The number of nitrogens with two attached hydrogens (primary N) is 1. The van der Waals surface area contributed by atoms with Crippen molar-refractivity contribution in [2.75, 3.05) is 25.5 Å². The molecule has 20 heavy (non-hydrogen) atoms. The van der Waals surface area contributed by atoms with Gasteiger partial charge in [0.2, 0.25) is 0 Å². The number of nitrogens with one attached hydrogen (secondary N) is 1. The lowest BCUT2D eigenvalue weighted by molar-refractivity contribution is 0.0949. The maximum absolute atomic E-state index is 12.2. The van der Waals surface area contributed by atoms with Crippen LogP contribution >= 0.6 is 11.3 Å². The Morgan fingerprint density at radius 2 is 2.25 bits per heavy atom. The summed E-state index contributed by atoms with van der Waals surface area (Å²) in [6.45, 7) is 5.96. The maximum atomic E-state index is 12.2.